The van der Waals surface area contributed by atoms with Gasteiger partial charge in [0.25, 0.3) is 9.05 Å². The maximum atomic E-state index is 11.3. The van der Waals surface area contributed by atoms with E-state index in [9.17, 15) is 18.5 Å². The van der Waals surface area contributed by atoms with Gasteiger partial charge in [-0.2, -0.15) is 4.68 Å². The number of hydrogen-bond acceptors (Lipinski definition) is 5. The summed E-state index contributed by atoms with van der Waals surface area (Å²) in [6.07, 6.45) is 0.970. The molecule has 0 N–H and O–H groups in total. The molecule has 1 heterocycles. The Labute approximate surface area is 133 Å². The molecule has 21 heavy (non-hydrogen) atoms. The lowest BCUT2D eigenvalue weighted by molar-refractivity contribution is -0.392. The third-order valence-corrected chi connectivity index (χ3v) is 4.40. The quantitative estimate of drug-likeness (QED) is 0.468. The third kappa shape index (κ3) is 3.65. The summed E-state index contributed by atoms with van der Waals surface area (Å²) in [6, 6.07) is 4.68. The van der Waals surface area contributed by atoms with E-state index in [1.807, 2.05) is 0 Å². The van der Waals surface area contributed by atoms with Crippen molar-refractivity contribution in [2.45, 2.75) is 11.4 Å². The molecule has 11 heteroatoms. The van der Waals surface area contributed by atoms with Crippen molar-refractivity contribution in [3.8, 4) is 0 Å². The summed E-state index contributed by atoms with van der Waals surface area (Å²) in [6.45, 7) is 0.00659. The molecule has 2 aromatic rings. The Balaban J connectivity index is 2.47. The number of hydrogen-bond donors (Lipinski definition) is 0. The largest absolute Gasteiger partial charge is 0.410 e. The Kier molecular flexibility index (Phi) is 4.43. The molecule has 0 atom stereocenters. The van der Waals surface area contributed by atoms with E-state index in [0.717, 1.165) is 10.9 Å². The van der Waals surface area contributed by atoms with Crippen LogP contribution in [0.25, 0.3) is 0 Å². The second-order valence-electron chi connectivity index (χ2n) is 3.95. The smallest absolute Gasteiger partial charge is 0.358 e. The zero-order valence-electron chi connectivity index (χ0n) is 10.0. The SMILES string of the molecule is O=[N+]([O-])c1nn(Cc2cc(Cl)ccc2Cl)cc1S(=O)(=O)Cl. The lowest BCUT2D eigenvalue weighted by atomic mass is 10.2. The number of halogens is 3. The summed E-state index contributed by atoms with van der Waals surface area (Å²) < 4.78 is 23.7. The van der Waals surface area contributed by atoms with Gasteiger partial charge in [-0.25, -0.2) is 8.42 Å². The number of benzene rings is 1. The number of aromatic nitrogens is 2. The van der Waals surface area contributed by atoms with Gasteiger partial charge in [0.2, 0.25) is 4.90 Å². The van der Waals surface area contributed by atoms with E-state index < -0.39 is 24.7 Å². The summed E-state index contributed by atoms with van der Waals surface area (Å²) in [5, 5.41) is 15.2. The predicted molar refractivity (Wildman–Crippen MR) is 77.5 cm³/mol. The molecule has 0 amide bonds. The van der Waals surface area contributed by atoms with Crippen LogP contribution in [0.15, 0.2) is 29.3 Å². The maximum Gasteiger partial charge on any atom is 0.410 e. The fraction of sp³-hybridized carbons (Fsp3) is 0.100. The molecule has 0 fully saturated rings. The van der Waals surface area contributed by atoms with Crippen LogP contribution in [-0.2, 0) is 15.6 Å². The molecule has 0 unspecified atom stereocenters. The van der Waals surface area contributed by atoms with Gasteiger partial charge in [-0.15, -0.1) is 0 Å². The van der Waals surface area contributed by atoms with Crippen LogP contribution in [0, 0.1) is 10.1 Å². The highest BCUT2D eigenvalue weighted by Crippen LogP contribution is 2.27. The Hall–Kier alpha value is -1.35. The number of rotatable bonds is 4. The average molecular weight is 371 g/mol. The van der Waals surface area contributed by atoms with E-state index in [-0.39, 0.29) is 6.54 Å². The van der Waals surface area contributed by atoms with E-state index in [4.69, 9.17) is 33.9 Å². The highest BCUT2D eigenvalue weighted by molar-refractivity contribution is 8.13. The van der Waals surface area contributed by atoms with Gasteiger partial charge in [0, 0.05) is 20.7 Å². The van der Waals surface area contributed by atoms with E-state index in [1.165, 1.54) is 0 Å². The molecule has 0 aliphatic heterocycles. The van der Waals surface area contributed by atoms with Gasteiger partial charge in [-0.05, 0) is 28.7 Å². The van der Waals surface area contributed by atoms with Gasteiger partial charge in [0.05, 0.1) is 17.8 Å². The molecule has 1 aromatic heterocycles. The lowest BCUT2D eigenvalue weighted by Gasteiger charge is -2.02. The first-order valence-electron chi connectivity index (χ1n) is 5.29. The van der Waals surface area contributed by atoms with E-state index >= 15 is 0 Å². The fourth-order valence-electron chi connectivity index (χ4n) is 1.61. The van der Waals surface area contributed by atoms with Crippen molar-refractivity contribution < 1.29 is 13.3 Å². The Morgan fingerprint density at radius 3 is 2.52 bits per heavy atom. The van der Waals surface area contributed by atoms with Crippen LogP contribution in [0.1, 0.15) is 5.56 Å². The van der Waals surface area contributed by atoms with Crippen molar-refractivity contribution in [2.75, 3.05) is 0 Å². The van der Waals surface area contributed by atoms with Crippen LogP contribution in [-0.4, -0.2) is 23.1 Å². The third-order valence-electron chi connectivity index (χ3n) is 2.49. The van der Waals surface area contributed by atoms with Crippen LogP contribution >= 0.6 is 33.9 Å². The van der Waals surface area contributed by atoms with Crippen LogP contribution < -0.4 is 0 Å². The van der Waals surface area contributed by atoms with Crippen LogP contribution in [0.3, 0.4) is 0 Å². The predicted octanol–water partition coefficient (Wildman–Crippen LogP) is 3.07. The monoisotopic (exact) mass is 369 g/mol. The van der Waals surface area contributed by atoms with Crippen LogP contribution in [0.4, 0.5) is 5.82 Å². The van der Waals surface area contributed by atoms with E-state index in [0.29, 0.717) is 15.6 Å². The minimum Gasteiger partial charge on any atom is -0.358 e. The minimum atomic E-state index is -4.28. The lowest BCUT2D eigenvalue weighted by Crippen LogP contribution is -2.01. The second kappa shape index (κ2) is 5.80. The molecule has 0 bridgehead atoms. The second-order valence-corrected chi connectivity index (χ2v) is 7.32. The molecule has 0 saturated carbocycles. The molecule has 0 saturated heterocycles. The zero-order valence-corrected chi connectivity index (χ0v) is 13.1. The summed E-state index contributed by atoms with van der Waals surface area (Å²) in [5.41, 5.74) is 0.528. The Morgan fingerprint density at radius 2 is 2.00 bits per heavy atom. The topological polar surface area (TPSA) is 95.1 Å². The average Bonchev–Trinajstić information content (AvgIpc) is 2.78. The highest BCUT2D eigenvalue weighted by Gasteiger charge is 2.30. The van der Waals surface area contributed by atoms with Crippen molar-refractivity contribution in [1.82, 2.24) is 9.78 Å². The van der Waals surface area contributed by atoms with Gasteiger partial charge >= 0.3 is 5.82 Å². The molecule has 2 rings (SSSR count). The van der Waals surface area contributed by atoms with Crippen molar-refractivity contribution in [3.63, 3.8) is 0 Å². The van der Waals surface area contributed by atoms with Gasteiger partial charge in [0.15, 0.2) is 0 Å². The molecule has 0 radical (unpaired) electrons. The molecule has 1 aromatic carbocycles. The van der Waals surface area contributed by atoms with Crippen molar-refractivity contribution >= 4 is 48.8 Å². The van der Waals surface area contributed by atoms with Crippen LogP contribution in [0.2, 0.25) is 10.0 Å². The molecular weight excluding hydrogens is 365 g/mol. The van der Waals surface area contributed by atoms with E-state index in [2.05, 4.69) is 5.10 Å². The van der Waals surface area contributed by atoms with Gasteiger partial charge in [-0.1, -0.05) is 23.2 Å². The molecule has 112 valence electrons. The normalized spacial score (nSPS) is 11.6. The van der Waals surface area contributed by atoms with Crippen molar-refractivity contribution in [3.05, 3.63) is 50.1 Å². The molecule has 0 aliphatic carbocycles. The van der Waals surface area contributed by atoms with Crippen molar-refractivity contribution in [2.24, 2.45) is 0 Å². The van der Waals surface area contributed by atoms with Crippen LogP contribution in [0.5, 0.6) is 0 Å². The summed E-state index contributed by atoms with van der Waals surface area (Å²) in [4.78, 5) is 9.22. The maximum absolute atomic E-state index is 11.3. The molecule has 0 aliphatic rings. The Morgan fingerprint density at radius 1 is 1.33 bits per heavy atom. The summed E-state index contributed by atoms with van der Waals surface area (Å²) in [7, 11) is 0.868. The molecule has 7 nitrogen and oxygen atoms in total. The molecule has 0 spiro atoms. The van der Waals surface area contributed by atoms with Gasteiger partial charge < -0.3 is 10.1 Å². The van der Waals surface area contributed by atoms with Gasteiger partial charge in [-0.3, -0.25) is 0 Å². The fourth-order valence-corrected chi connectivity index (χ4v) is 2.89. The number of nitrogens with zero attached hydrogens (tertiary/aromatic N) is 3. The minimum absolute atomic E-state index is 0.00659. The number of nitro groups is 1. The molecular formula is C10H6Cl3N3O4S. The standard InChI is InChI=1S/C10H6Cl3N3O4S/c11-7-1-2-8(12)6(3-7)4-15-5-9(21(13,19)20)10(14-15)16(17)18/h1-3,5H,4H2. The summed E-state index contributed by atoms with van der Waals surface area (Å²) >= 11 is 11.8. The Bertz CT molecular complexity index is 819. The summed E-state index contributed by atoms with van der Waals surface area (Å²) in [5.74, 6) is -0.844. The van der Waals surface area contributed by atoms with Crippen molar-refractivity contribution in [1.29, 1.82) is 0 Å². The first kappa shape index (κ1) is 16.0. The zero-order chi connectivity index (χ0) is 15.8. The first-order chi connectivity index (χ1) is 9.68. The first-order valence-corrected chi connectivity index (χ1v) is 8.35. The van der Waals surface area contributed by atoms with E-state index in [1.54, 1.807) is 18.2 Å². The van der Waals surface area contributed by atoms with Gasteiger partial charge in [0.1, 0.15) is 0 Å². The highest BCUT2D eigenvalue weighted by atomic mass is 35.7.